The monoisotopic (exact) mass is 241 g/mol. The summed E-state index contributed by atoms with van der Waals surface area (Å²) >= 11 is 5.07. The Morgan fingerprint density at radius 2 is 2.33 bits per heavy atom. The summed E-state index contributed by atoms with van der Waals surface area (Å²) in [5, 5.41) is 8.72. The second-order valence-electron chi connectivity index (χ2n) is 2.36. The molecule has 0 saturated carbocycles. The molecule has 0 aromatic heterocycles. The summed E-state index contributed by atoms with van der Waals surface area (Å²) in [5.41, 5.74) is 1.91. The molecule has 0 atom stereocenters. The summed E-state index contributed by atoms with van der Waals surface area (Å²) in [6, 6.07) is 8.01. The van der Waals surface area contributed by atoms with Gasteiger partial charge in [0.05, 0.1) is 5.56 Å². The Hall–Kier alpha value is -0.460. The number of benzene rings is 1. The maximum Gasteiger partial charge on any atom is 0.100 e. The molecule has 0 aliphatic rings. The number of nitrogens with zero attached hydrogens (tertiary/aromatic N) is 1. The van der Waals surface area contributed by atoms with Gasteiger partial charge in [0.25, 0.3) is 0 Å². The SMILES string of the molecule is CSCc1ccc(Br)c(C#N)c1. The normalized spacial score (nSPS) is 9.42. The van der Waals surface area contributed by atoms with Crippen LogP contribution in [-0.4, -0.2) is 6.26 Å². The third kappa shape index (κ3) is 2.26. The number of nitriles is 1. The molecule has 0 N–H and O–H groups in total. The van der Waals surface area contributed by atoms with E-state index in [4.69, 9.17) is 5.26 Å². The third-order valence-corrected chi connectivity index (χ3v) is 2.78. The predicted molar refractivity (Wildman–Crippen MR) is 56.1 cm³/mol. The Kier molecular flexibility index (Phi) is 3.64. The van der Waals surface area contributed by atoms with Gasteiger partial charge in [0.2, 0.25) is 0 Å². The van der Waals surface area contributed by atoms with Crippen molar-refractivity contribution in [3.63, 3.8) is 0 Å². The number of hydrogen-bond donors (Lipinski definition) is 0. The fourth-order valence-electron chi connectivity index (χ4n) is 0.915. The van der Waals surface area contributed by atoms with Crippen LogP contribution < -0.4 is 0 Å². The summed E-state index contributed by atoms with van der Waals surface area (Å²) in [7, 11) is 0. The van der Waals surface area contributed by atoms with Crippen molar-refractivity contribution < 1.29 is 0 Å². The van der Waals surface area contributed by atoms with Gasteiger partial charge in [-0.2, -0.15) is 17.0 Å². The zero-order valence-corrected chi connectivity index (χ0v) is 9.08. The van der Waals surface area contributed by atoms with E-state index in [1.807, 2.05) is 24.5 Å². The molecule has 1 nitrogen and oxygen atoms in total. The van der Waals surface area contributed by atoms with E-state index in [1.165, 1.54) is 5.56 Å². The molecule has 3 heteroatoms. The fraction of sp³-hybridized carbons (Fsp3) is 0.222. The number of hydrogen-bond acceptors (Lipinski definition) is 2. The zero-order valence-electron chi connectivity index (χ0n) is 6.67. The molecule has 1 rings (SSSR count). The minimum absolute atomic E-state index is 0.710. The van der Waals surface area contributed by atoms with Gasteiger partial charge in [0, 0.05) is 10.2 Å². The fourth-order valence-corrected chi connectivity index (χ4v) is 1.76. The van der Waals surface area contributed by atoms with Gasteiger partial charge in [0.1, 0.15) is 6.07 Å². The molecule has 0 unspecified atom stereocenters. The molecule has 1 aromatic carbocycles. The van der Waals surface area contributed by atoms with Crippen molar-refractivity contribution >= 4 is 27.7 Å². The van der Waals surface area contributed by atoms with Gasteiger partial charge in [-0.3, -0.25) is 0 Å². The Labute approximate surface area is 84.9 Å². The van der Waals surface area contributed by atoms with Crippen molar-refractivity contribution in [2.75, 3.05) is 6.26 Å². The predicted octanol–water partition coefficient (Wildman–Crippen LogP) is 3.18. The number of halogens is 1. The highest BCUT2D eigenvalue weighted by Gasteiger charge is 1.99. The molecule has 1 aromatic rings. The second kappa shape index (κ2) is 4.54. The first-order chi connectivity index (χ1) is 5.77. The van der Waals surface area contributed by atoms with E-state index in [1.54, 1.807) is 11.8 Å². The molecule has 62 valence electrons. The van der Waals surface area contributed by atoms with Gasteiger partial charge in [0.15, 0.2) is 0 Å². The smallest absolute Gasteiger partial charge is 0.100 e. The van der Waals surface area contributed by atoms with Crippen molar-refractivity contribution in [2.45, 2.75) is 5.75 Å². The van der Waals surface area contributed by atoms with Crippen LogP contribution in [0.2, 0.25) is 0 Å². The van der Waals surface area contributed by atoms with Crippen LogP contribution in [-0.2, 0) is 5.75 Å². The molecule has 0 radical (unpaired) electrons. The van der Waals surface area contributed by atoms with Crippen LogP contribution in [0.3, 0.4) is 0 Å². The summed E-state index contributed by atoms with van der Waals surface area (Å²) in [6.07, 6.45) is 2.05. The van der Waals surface area contributed by atoms with Crippen molar-refractivity contribution in [2.24, 2.45) is 0 Å². The van der Waals surface area contributed by atoms with Gasteiger partial charge in [-0.15, -0.1) is 0 Å². The van der Waals surface area contributed by atoms with Crippen molar-refractivity contribution in [1.82, 2.24) is 0 Å². The standard InChI is InChI=1S/C9H8BrNS/c1-12-6-7-2-3-9(10)8(4-7)5-11/h2-4H,6H2,1H3. The van der Waals surface area contributed by atoms with Crippen LogP contribution >= 0.6 is 27.7 Å². The molecule has 0 heterocycles. The average Bonchev–Trinajstić information content (AvgIpc) is 2.09. The van der Waals surface area contributed by atoms with Crippen molar-refractivity contribution in [1.29, 1.82) is 5.26 Å². The highest BCUT2D eigenvalue weighted by molar-refractivity contribution is 9.10. The van der Waals surface area contributed by atoms with Crippen LogP contribution in [0, 0.1) is 11.3 Å². The van der Waals surface area contributed by atoms with Gasteiger partial charge < -0.3 is 0 Å². The largest absolute Gasteiger partial charge is 0.192 e. The van der Waals surface area contributed by atoms with E-state index in [9.17, 15) is 0 Å². The Bertz CT molecular complexity index is 317. The van der Waals surface area contributed by atoms with Crippen LogP contribution in [0.15, 0.2) is 22.7 Å². The van der Waals surface area contributed by atoms with Crippen LogP contribution in [0.5, 0.6) is 0 Å². The Morgan fingerprint density at radius 1 is 1.58 bits per heavy atom. The Morgan fingerprint density at radius 3 is 2.92 bits per heavy atom. The van der Waals surface area contributed by atoms with Gasteiger partial charge in [-0.25, -0.2) is 0 Å². The van der Waals surface area contributed by atoms with Gasteiger partial charge in [-0.05, 0) is 39.9 Å². The highest BCUT2D eigenvalue weighted by atomic mass is 79.9. The lowest BCUT2D eigenvalue weighted by Crippen LogP contribution is -1.83. The molecule has 0 aliphatic carbocycles. The summed E-state index contributed by atoms with van der Waals surface area (Å²) in [6.45, 7) is 0. The first-order valence-electron chi connectivity index (χ1n) is 3.45. The third-order valence-electron chi connectivity index (χ3n) is 1.46. The maximum atomic E-state index is 8.72. The minimum Gasteiger partial charge on any atom is -0.192 e. The minimum atomic E-state index is 0.710. The van der Waals surface area contributed by atoms with Crippen LogP contribution in [0.4, 0.5) is 0 Å². The number of thioether (sulfide) groups is 1. The molecular weight excluding hydrogens is 234 g/mol. The van der Waals surface area contributed by atoms with E-state index in [-0.39, 0.29) is 0 Å². The lowest BCUT2D eigenvalue weighted by atomic mass is 10.2. The second-order valence-corrected chi connectivity index (χ2v) is 4.08. The first kappa shape index (κ1) is 9.63. The first-order valence-corrected chi connectivity index (χ1v) is 5.64. The van der Waals surface area contributed by atoms with E-state index in [0.29, 0.717) is 5.56 Å². The lowest BCUT2D eigenvalue weighted by Gasteiger charge is -1.99. The lowest BCUT2D eigenvalue weighted by molar-refractivity contribution is 1.37. The average molecular weight is 242 g/mol. The molecule has 0 saturated heterocycles. The molecule has 0 bridgehead atoms. The molecule has 0 aliphatic heterocycles. The van der Waals surface area contributed by atoms with Crippen molar-refractivity contribution in [3.8, 4) is 6.07 Å². The molecular formula is C9H8BrNS. The Balaban J connectivity index is 2.99. The van der Waals surface area contributed by atoms with E-state index in [2.05, 4.69) is 22.0 Å². The maximum absolute atomic E-state index is 8.72. The summed E-state index contributed by atoms with van der Waals surface area (Å²) in [5.74, 6) is 0.960. The van der Waals surface area contributed by atoms with Crippen molar-refractivity contribution in [3.05, 3.63) is 33.8 Å². The van der Waals surface area contributed by atoms with Gasteiger partial charge in [-0.1, -0.05) is 6.07 Å². The summed E-state index contributed by atoms with van der Waals surface area (Å²) in [4.78, 5) is 0. The van der Waals surface area contributed by atoms with E-state index < -0.39 is 0 Å². The van der Waals surface area contributed by atoms with Crippen LogP contribution in [0.1, 0.15) is 11.1 Å². The highest BCUT2D eigenvalue weighted by Crippen LogP contribution is 2.19. The molecule has 0 spiro atoms. The van der Waals surface area contributed by atoms with E-state index >= 15 is 0 Å². The summed E-state index contributed by atoms with van der Waals surface area (Å²) < 4.78 is 0.870. The topological polar surface area (TPSA) is 23.8 Å². The number of rotatable bonds is 2. The quantitative estimate of drug-likeness (QED) is 0.795. The molecule has 0 fully saturated rings. The van der Waals surface area contributed by atoms with Crippen LogP contribution in [0.25, 0.3) is 0 Å². The zero-order chi connectivity index (χ0) is 8.97. The molecule has 0 amide bonds. The van der Waals surface area contributed by atoms with Gasteiger partial charge >= 0.3 is 0 Å². The van der Waals surface area contributed by atoms with E-state index in [0.717, 1.165) is 10.2 Å². The molecule has 12 heavy (non-hydrogen) atoms.